The molecule has 0 aromatic heterocycles. The van der Waals surface area contributed by atoms with Crippen LogP contribution in [0.4, 0.5) is 0 Å². The summed E-state index contributed by atoms with van der Waals surface area (Å²) in [6, 6.07) is 0. The number of hydrogen-bond donors (Lipinski definition) is 0. The minimum atomic E-state index is -0.119. The minimum absolute atomic E-state index is 0.0273. The maximum Gasteiger partial charge on any atom is 0.314 e. The quantitative estimate of drug-likeness (QED) is 0.596. The lowest BCUT2D eigenvalue weighted by Crippen LogP contribution is -2.33. The average molecular weight is 328 g/mol. The fourth-order valence-electron chi connectivity index (χ4n) is 3.25. The van der Waals surface area contributed by atoms with Gasteiger partial charge in [-0.15, -0.1) is 0 Å². The van der Waals surface area contributed by atoms with E-state index in [9.17, 15) is 4.79 Å². The predicted molar refractivity (Wildman–Crippen MR) is 100 cm³/mol. The Kier molecular flexibility index (Phi) is 4.99. The lowest BCUT2D eigenvalue weighted by atomic mass is 9.72. The molecule has 0 fully saturated rings. The average Bonchev–Trinajstić information content (AvgIpc) is 2.43. The molecule has 0 aliphatic heterocycles. The fraction of sp³-hybridized carbons (Fsp3) is 0.591. The summed E-state index contributed by atoms with van der Waals surface area (Å²) in [6.45, 7) is 15.1. The lowest BCUT2D eigenvalue weighted by Gasteiger charge is -2.35. The maximum atomic E-state index is 12.9. The fourth-order valence-corrected chi connectivity index (χ4v) is 3.25. The summed E-state index contributed by atoms with van der Waals surface area (Å²) < 4.78 is 5.81. The van der Waals surface area contributed by atoms with Crippen LogP contribution in [0, 0.1) is 22.2 Å². The Morgan fingerprint density at radius 3 is 2.46 bits per heavy atom. The zero-order valence-electron chi connectivity index (χ0n) is 16.3. The second kappa shape index (κ2) is 6.38. The molecule has 24 heavy (non-hydrogen) atoms. The van der Waals surface area contributed by atoms with Crippen molar-refractivity contribution in [3.05, 3.63) is 47.8 Å². The highest BCUT2D eigenvalue weighted by atomic mass is 16.5. The molecule has 0 saturated heterocycles. The number of rotatable bonds is 3. The normalized spacial score (nSPS) is 24.8. The van der Waals surface area contributed by atoms with Crippen LogP contribution >= 0.6 is 0 Å². The van der Waals surface area contributed by atoms with E-state index in [4.69, 9.17) is 4.74 Å². The molecule has 2 aliphatic rings. The zero-order valence-corrected chi connectivity index (χ0v) is 16.3. The maximum absolute atomic E-state index is 12.9. The number of esters is 1. The molecule has 132 valence electrons. The van der Waals surface area contributed by atoms with Crippen LogP contribution in [0.1, 0.15) is 61.3 Å². The second-order valence-electron chi connectivity index (χ2n) is 9.65. The highest BCUT2D eigenvalue weighted by Gasteiger charge is 2.37. The Balaban J connectivity index is 2.15. The van der Waals surface area contributed by atoms with Gasteiger partial charge in [-0.1, -0.05) is 72.8 Å². The highest BCUT2D eigenvalue weighted by molar-refractivity contribution is 5.75. The number of hydrogen-bond acceptors (Lipinski definition) is 2. The van der Waals surface area contributed by atoms with Gasteiger partial charge in [0.2, 0.25) is 0 Å². The first kappa shape index (κ1) is 18.8. The number of carbonyl (C=O) groups is 1. The summed E-state index contributed by atoms with van der Waals surface area (Å²) in [5.41, 5.74) is 1.21. The Morgan fingerprint density at radius 1 is 1.21 bits per heavy atom. The third-order valence-corrected chi connectivity index (χ3v) is 4.90. The molecule has 0 heterocycles. The van der Waals surface area contributed by atoms with Gasteiger partial charge < -0.3 is 4.74 Å². The first-order valence-corrected chi connectivity index (χ1v) is 8.91. The van der Waals surface area contributed by atoms with Gasteiger partial charge in [-0.3, -0.25) is 4.79 Å². The van der Waals surface area contributed by atoms with E-state index >= 15 is 0 Å². The molecule has 2 aliphatic carbocycles. The molecule has 0 saturated carbocycles. The van der Waals surface area contributed by atoms with Gasteiger partial charge in [0.25, 0.3) is 0 Å². The van der Waals surface area contributed by atoms with E-state index in [-0.39, 0.29) is 28.1 Å². The van der Waals surface area contributed by atoms with Crippen molar-refractivity contribution in [1.82, 2.24) is 0 Å². The molecule has 0 aromatic carbocycles. The molecule has 2 nitrogen and oxygen atoms in total. The van der Waals surface area contributed by atoms with Crippen LogP contribution in [0.2, 0.25) is 0 Å². The van der Waals surface area contributed by atoms with Crippen molar-refractivity contribution in [3.63, 3.8) is 0 Å². The van der Waals surface area contributed by atoms with Gasteiger partial charge >= 0.3 is 5.97 Å². The molecule has 0 spiro atoms. The van der Waals surface area contributed by atoms with Gasteiger partial charge in [0.1, 0.15) is 5.76 Å². The monoisotopic (exact) mass is 328 g/mol. The molecule has 0 bridgehead atoms. The third kappa shape index (κ3) is 4.49. The Hall–Kier alpha value is -1.57. The molecule has 0 radical (unpaired) electrons. The third-order valence-electron chi connectivity index (χ3n) is 4.90. The summed E-state index contributed by atoms with van der Waals surface area (Å²) in [5, 5.41) is 0. The minimum Gasteiger partial charge on any atom is -0.427 e. The van der Waals surface area contributed by atoms with Crippen molar-refractivity contribution in [2.24, 2.45) is 22.2 Å². The summed E-state index contributed by atoms with van der Waals surface area (Å²) >= 11 is 0. The largest absolute Gasteiger partial charge is 0.427 e. The topological polar surface area (TPSA) is 26.3 Å². The van der Waals surface area contributed by atoms with Gasteiger partial charge in [0, 0.05) is 5.41 Å². The molecule has 2 heteroatoms. The Labute approximate surface area is 147 Å². The number of fused-ring (bicyclic) bond motifs is 1. The first-order valence-electron chi connectivity index (χ1n) is 8.91. The van der Waals surface area contributed by atoms with Crippen LogP contribution in [0.3, 0.4) is 0 Å². The van der Waals surface area contributed by atoms with Gasteiger partial charge in [-0.05, 0) is 41.4 Å². The molecule has 0 amide bonds. The van der Waals surface area contributed by atoms with Crippen molar-refractivity contribution < 1.29 is 9.53 Å². The van der Waals surface area contributed by atoms with Crippen LogP contribution in [0.25, 0.3) is 0 Å². The summed E-state index contributed by atoms with van der Waals surface area (Å²) in [7, 11) is 0. The molecule has 0 N–H and O–H groups in total. The smallest absolute Gasteiger partial charge is 0.314 e. The van der Waals surface area contributed by atoms with E-state index in [1.165, 1.54) is 5.57 Å². The zero-order chi connectivity index (χ0) is 18.2. The van der Waals surface area contributed by atoms with Gasteiger partial charge in [0.15, 0.2) is 0 Å². The number of ether oxygens (including phenoxy) is 1. The van der Waals surface area contributed by atoms with Crippen molar-refractivity contribution in [1.29, 1.82) is 0 Å². The van der Waals surface area contributed by atoms with Crippen molar-refractivity contribution in [3.8, 4) is 0 Å². The predicted octanol–water partition coefficient (Wildman–Crippen LogP) is 5.97. The van der Waals surface area contributed by atoms with E-state index in [0.717, 1.165) is 12.8 Å². The van der Waals surface area contributed by atoms with E-state index in [2.05, 4.69) is 66.7 Å². The molecule has 2 rings (SSSR count). The van der Waals surface area contributed by atoms with E-state index in [1.54, 1.807) is 0 Å². The molecular formula is C22H32O2. The second-order valence-corrected chi connectivity index (χ2v) is 9.65. The van der Waals surface area contributed by atoms with Crippen molar-refractivity contribution in [2.45, 2.75) is 61.3 Å². The SMILES string of the molecule is CC(C)(C)CC(C(=O)OC1=CCC2(C)C=CC=CC2=C1)C(C)(C)C. The first-order chi connectivity index (χ1) is 10.9. The Bertz CT molecular complexity index is 617. The van der Waals surface area contributed by atoms with Crippen LogP contribution in [-0.4, -0.2) is 5.97 Å². The van der Waals surface area contributed by atoms with Gasteiger partial charge in [-0.25, -0.2) is 0 Å². The molecule has 0 aromatic rings. The molecule has 2 unspecified atom stereocenters. The molecular weight excluding hydrogens is 296 g/mol. The van der Waals surface area contributed by atoms with E-state index in [0.29, 0.717) is 5.76 Å². The standard InChI is InChI=1S/C22H32O2/c1-20(2,3)15-18(21(4,5)6)19(23)24-17-11-13-22(7)12-9-8-10-16(22)14-17/h8-12,14,18H,13,15H2,1-7H3. The van der Waals surface area contributed by atoms with Crippen LogP contribution in [0.5, 0.6) is 0 Å². The van der Waals surface area contributed by atoms with Crippen LogP contribution < -0.4 is 0 Å². The summed E-state index contributed by atoms with van der Waals surface area (Å²) in [4.78, 5) is 12.9. The van der Waals surface area contributed by atoms with Gasteiger partial charge in [-0.2, -0.15) is 0 Å². The van der Waals surface area contributed by atoms with Crippen LogP contribution in [-0.2, 0) is 9.53 Å². The summed E-state index contributed by atoms with van der Waals surface area (Å²) in [5.74, 6) is 0.460. The summed E-state index contributed by atoms with van der Waals surface area (Å²) in [6.07, 6.45) is 14.2. The number of allylic oxidation sites excluding steroid dienone is 7. The van der Waals surface area contributed by atoms with E-state index in [1.807, 2.05) is 18.2 Å². The van der Waals surface area contributed by atoms with Gasteiger partial charge in [0.05, 0.1) is 5.92 Å². The highest BCUT2D eigenvalue weighted by Crippen LogP contribution is 2.41. The Morgan fingerprint density at radius 2 is 1.88 bits per heavy atom. The molecule has 2 atom stereocenters. The van der Waals surface area contributed by atoms with Crippen molar-refractivity contribution >= 4 is 5.97 Å². The lowest BCUT2D eigenvalue weighted by molar-refractivity contribution is -0.149. The van der Waals surface area contributed by atoms with Crippen LogP contribution in [0.15, 0.2) is 47.8 Å². The van der Waals surface area contributed by atoms with Crippen molar-refractivity contribution in [2.75, 3.05) is 0 Å². The number of carbonyl (C=O) groups excluding carboxylic acids is 1. The van der Waals surface area contributed by atoms with E-state index < -0.39 is 0 Å².